The summed E-state index contributed by atoms with van der Waals surface area (Å²) in [5, 5.41) is 0. The quantitative estimate of drug-likeness (QED) is 0.728. The fraction of sp³-hybridized carbons (Fsp3) is 0.467. The Hall–Kier alpha value is -1.44. The first-order valence-corrected chi connectivity index (χ1v) is 6.30. The van der Waals surface area contributed by atoms with Crippen molar-refractivity contribution in [1.29, 1.82) is 0 Å². The molecule has 0 aliphatic carbocycles. The van der Waals surface area contributed by atoms with Crippen molar-refractivity contribution in [3.05, 3.63) is 35.5 Å². The van der Waals surface area contributed by atoms with Gasteiger partial charge in [-0.3, -0.25) is 0 Å². The summed E-state index contributed by atoms with van der Waals surface area (Å²) in [6.07, 6.45) is 1.09. The third-order valence-corrected chi connectivity index (χ3v) is 3.51. The summed E-state index contributed by atoms with van der Waals surface area (Å²) in [5.41, 5.74) is 4.01. The Morgan fingerprint density at radius 1 is 1.41 bits per heavy atom. The molecular weight excluding hydrogens is 210 g/mol. The number of benzene rings is 1. The first-order chi connectivity index (χ1) is 8.15. The van der Waals surface area contributed by atoms with Gasteiger partial charge < -0.3 is 9.64 Å². The highest BCUT2D eigenvalue weighted by Crippen LogP contribution is 2.36. The minimum absolute atomic E-state index is 0.437. The average molecular weight is 231 g/mol. The molecule has 2 heteroatoms. The number of hydrogen-bond donors (Lipinski definition) is 0. The van der Waals surface area contributed by atoms with Crippen LogP contribution >= 0.6 is 0 Å². The van der Waals surface area contributed by atoms with Crippen LogP contribution in [0.1, 0.15) is 27.2 Å². The van der Waals surface area contributed by atoms with E-state index in [2.05, 4.69) is 44.9 Å². The van der Waals surface area contributed by atoms with E-state index < -0.39 is 0 Å². The van der Waals surface area contributed by atoms with Gasteiger partial charge in [0.1, 0.15) is 5.75 Å². The normalized spacial score (nSPS) is 22.6. The fourth-order valence-corrected chi connectivity index (χ4v) is 2.50. The summed E-state index contributed by atoms with van der Waals surface area (Å²) in [6, 6.07) is 8.26. The average Bonchev–Trinajstić information content (AvgIpc) is 2.47. The zero-order chi connectivity index (χ0) is 12.4. The van der Waals surface area contributed by atoms with Crippen LogP contribution in [0, 0.1) is 5.92 Å². The van der Waals surface area contributed by atoms with Crippen molar-refractivity contribution >= 4 is 5.69 Å². The maximum absolute atomic E-state index is 5.88. The van der Waals surface area contributed by atoms with Crippen LogP contribution < -0.4 is 9.64 Å². The van der Waals surface area contributed by atoms with Gasteiger partial charge in [0.25, 0.3) is 0 Å². The molecule has 92 valence electrons. The Labute approximate surface area is 104 Å². The summed E-state index contributed by atoms with van der Waals surface area (Å²) in [7, 11) is 2.14. The van der Waals surface area contributed by atoms with Crippen molar-refractivity contribution < 1.29 is 4.74 Å². The third-order valence-electron chi connectivity index (χ3n) is 3.51. The van der Waals surface area contributed by atoms with Crippen molar-refractivity contribution in [3.8, 4) is 5.75 Å². The molecule has 0 saturated heterocycles. The molecule has 0 spiro atoms. The van der Waals surface area contributed by atoms with Crippen LogP contribution in [0.3, 0.4) is 0 Å². The molecule has 1 aromatic carbocycles. The minimum atomic E-state index is 0.437. The van der Waals surface area contributed by atoms with E-state index in [9.17, 15) is 0 Å². The maximum Gasteiger partial charge on any atom is 0.142 e. The predicted octanol–water partition coefficient (Wildman–Crippen LogP) is 3.84. The minimum Gasteiger partial charge on any atom is -0.491 e. The van der Waals surface area contributed by atoms with E-state index in [1.807, 2.05) is 12.1 Å². The zero-order valence-electron chi connectivity index (χ0n) is 11.2. The number of allylic oxidation sites excluding steroid dienone is 1. The first-order valence-electron chi connectivity index (χ1n) is 6.30. The second kappa shape index (κ2) is 4.82. The molecule has 1 aliphatic heterocycles. The Balaban J connectivity index is 2.51. The number of nitrogens with zero attached hydrogens (tertiary/aromatic N) is 1. The molecule has 2 nitrogen and oxygen atoms in total. The lowest BCUT2D eigenvalue weighted by Gasteiger charge is -2.26. The van der Waals surface area contributed by atoms with E-state index in [1.54, 1.807) is 0 Å². The molecule has 0 amide bonds. The van der Waals surface area contributed by atoms with E-state index in [4.69, 9.17) is 4.74 Å². The second-order valence-corrected chi connectivity index (χ2v) is 4.76. The van der Waals surface area contributed by atoms with Gasteiger partial charge in [0, 0.05) is 18.7 Å². The van der Waals surface area contributed by atoms with E-state index in [0.717, 1.165) is 18.8 Å². The van der Waals surface area contributed by atoms with E-state index in [-0.39, 0.29) is 0 Å². The summed E-state index contributed by atoms with van der Waals surface area (Å²) >= 11 is 0. The van der Waals surface area contributed by atoms with Gasteiger partial charge >= 0.3 is 0 Å². The smallest absolute Gasteiger partial charge is 0.142 e. The van der Waals surface area contributed by atoms with Crippen LogP contribution in [-0.4, -0.2) is 13.7 Å². The topological polar surface area (TPSA) is 12.5 Å². The van der Waals surface area contributed by atoms with Crippen LogP contribution in [0.4, 0.5) is 5.69 Å². The molecule has 0 radical (unpaired) electrons. The van der Waals surface area contributed by atoms with Crippen LogP contribution in [0.2, 0.25) is 0 Å². The van der Waals surface area contributed by atoms with Crippen molar-refractivity contribution in [2.75, 3.05) is 18.6 Å². The van der Waals surface area contributed by atoms with Gasteiger partial charge in [-0.25, -0.2) is 0 Å². The number of para-hydroxylation sites is 2. The molecule has 1 unspecified atom stereocenters. The largest absolute Gasteiger partial charge is 0.491 e. The molecule has 1 atom stereocenters. The Morgan fingerprint density at radius 3 is 2.82 bits per heavy atom. The molecule has 0 N–H and O–H groups in total. The van der Waals surface area contributed by atoms with Crippen molar-refractivity contribution in [1.82, 2.24) is 0 Å². The summed E-state index contributed by atoms with van der Waals surface area (Å²) in [6.45, 7) is 7.42. The second-order valence-electron chi connectivity index (χ2n) is 4.76. The predicted molar refractivity (Wildman–Crippen MR) is 72.5 cm³/mol. The third kappa shape index (κ3) is 2.17. The van der Waals surface area contributed by atoms with Gasteiger partial charge in [0.2, 0.25) is 0 Å². The molecule has 0 bridgehead atoms. The molecule has 17 heavy (non-hydrogen) atoms. The van der Waals surface area contributed by atoms with Crippen LogP contribution in [0.5, 0.6) is 5.75 Å². The number of ether oxygens (including phenoxy) is 1. The van der Waals surface area contributed by atoms with Crippen molar-refractivity contribution in [2.45, 2.75) is 27.2 Å². The van der Waals surface area contributed by atoms with E-state index >= 15 is 0 Å². The fourth-order valence-electron chi connectivity index (χ4n) is 2.50. The van der Waals surface area contributed by atoms with E-state index in [0.29, 0.717) is 5.92 Å². The lowest BCUT2D eigenvalue weighted by Crippen LogP contribution is -2.23. The Morgan fingerprint density at radius 2 is 2.12 bits per heavy atom. The SMILES string of the molecule is CC/C(C)=C1/C(C)COc2ccccc2N1C. The highest BCUT2D eigenvalue weighted by Gasteiger charge is 2.23. The Bertz CT molecular complexity index is 436. The van der Waals surface area contributed by atoms with Crippen LogP contribution in [0.15, 0.2) is 35.5 Å². The number of rotatable bonds is 1. The van der Waals surface area contributed by atoms with Gasteiger partial charge in [0.05, 0.1) is 12.3 Å². The Kier molecular flexibility index (Phi) is 3.41. The number of fused-ring (bicyclic) bond motifs is 1. The van der Waals surface area contributed by atoms with Gasteiger partial charge in [0.15, 0.2) is 0 Å². The molecule has 2 rings (SSSR count). The number of hydrogen-bond acceptors (Lipinski definition) is 2. The van der Waals surface area contributed by atoms with Crippen molar-refractivity contribution in [3.63, 3.8) is 0 Å². The summed E-state index contributed by atoms with van der Waals surface area (Å²) in [4.78, 5) is 2.28. The highest BCUT2D eigenvalue weighted by molar-refractivity contribution is 5.63. The molecule has 0 aromatic heterocycles. The van der Waals surface area contributed by atoms with Crippen LogP contribution in [0.25, 0.3) is 0 Å². The van der Waals surface area contributed by atoms with Gasteiger partial charge in [-0.2, -0.15) is 0 Å². The van der Waals surface area contributed by atoms with Crippen LogP contribution in [-0.2, 0) is 0 Å². The monoisotopic (exact) mass is 231 g/mol. The molecular formula is C15H21NO. The lowest BCUT2D eigenvalue weighted by molar-refractivity contribution is 0.285. The summed E-state index contributed by atoms with van der Waals surface area (Å²) < 4.78 is 5.88. The molecule has 0 fully saturated rings. The van der Waals surface area contributed by atoms with Gasteiger partial charge in [-0.1, -0.05) is 31.6 Å². The number of anilines is 1. The molecule has 1 aromatic rings. The highest BCUT2D eigenvalue weighted by atomic mass is 16.5. The van der Waals surface area contributed by atoms with Gasteiger partial charge in [-0.15, -0.1) is 0 Å². The zero-order valence-corrected chi connectivity index (χ0v) is 11.2. The molecule has 1 heterocycles. The van der Waals surface area contributed by atoms with E-state index in [1.165, 1.54) is 17.0 Å². The van der Waals surface area contributed by atoms with Gasteiger partial charge in [-0.05, 0) is 25.5 Å². The first kappa shape index (κ1) is 12.0. The van der Waals surface area contributed by atoms with Crippen molar-refractivity contribution in [2.24, 2.45) is 5.92 Å². The summed E-state index contributed by atoms with van der Waals surface area (Å²) in [5.74, 6) is 1.42. The maximum atomic E-state index is 5.88. The lowest BCUT2D eigenvalue weighted by atomic mass is 10.0. The molecule has 1 aliphatic rings. The molecule has 0 saturated carbocycles. The standard InChI is InChI=1S/C15H21NO/c1-5-11(2)15-12(3)10-17-14-9-7-6-8-13(14)16(15)4/h6-9,12H,5,10H2,1-4H3/b15-11-.